The second-order valence-corrected chi connectivity index (χ2v) is 13.9. The van der Waals surface area contributed by atoms with Gasteiger partial charge in [0.2, 0.25) is 0 Å². The molecule has 4 rings (SSSR count). The number of fused-ring (bicyclic) bond motifs is 2. The van der Waals surface area contributed by atoms with Crippen molar-refractivity contribution in [3.8, 4) is 0 Å². The molecule has 1 N–H and O–H groups in total. The van der Waals surface area contributed by atoms with Gasteiger partial charge in [-0.05, 0) is 27.8 Å². The molecule has 2 aliphatic rings. The summed E-state index contributed by atoms with van der Waals surface area (Å²) < 4.78 is 13.2. The standard InChI is InChI=1S/C24H32O3Si/c1-18-15-24(22(25)21(18)16-26-24)17-27-28(23(2,3)4,19-11-7-5-8-12-19)20-13-9-6-10-14-20/h5-14,18,21-22,25H,15-17H2,1-4H3/t18?,21-,22-,24+/m0/s1. The first-order chi connectivity index (χ1) is 13.3. The first kappa shape index (κ1) is 19.8. The molecular weight excluding hydrogens is 364 g/mol. The van der Waals surface area contributed by atoms with Crippen LogP contribution in [0.3, 0.4) is 0 Å². The van der Waals surface area contributed by atoms with Crippen molar-refractivity contribution >= 4 is 18.7 Å². The smallest absolute Gasteiger partial charge is 0.261 e. The van der Waals surface area contributed by atoms with Gasteiger partial charge in [-0.3, -0.25) is 0 Å². The third-order valence-corrected chi connectivity index (χ3v) is 11.8. The van der Waals surface area contributed by atoms with Crippen molar-refractivity contribution in [1.29, 1.82) is 0 Å². The van der Waals surface area contributed by atoms with Gasteiger partial charge in [0.1, 0.15) is 5.60 Å². The summed E-state index contributed by atoms with van der Waals surface area (Å²) in [6, 6.07) is 21.3. The molecule has 3 nitrogen and oxygen atoms in total. The predicted molar refractivity (Wildman–Crippen MR) is 116 cm³/mol. The minimum Gasteiger partial charge on any atom is -0.404 e. The SMILES string of the molecule is CC1C[C@]2(CO[Si](c3ccccc3)(c3ccccc3)C(C)(C)C)OC[C@@H]1[C@@H]2O. The Morgan fingerprint density at radius 1 is 1.04 bits per heavy atom. The molecule has 0 aromatic heterocycles. The first-order valence-electron chi connectivity index (χ1n) is 10.4. The van der Waals surface area contributed by atoms with E-state index in [1.54, 1.807) is 0 Å². The van der Waals surface area contributed by atoms with E-state index >= 15 is 0 Å². The van der Waals surface area contributed by atoms with Gasteiger partial charge in [0.25, 0.3) is 8.32 Å². The van der Waals surface area contributed by atoms with Crippen LogP contribution >= 0.6 is 0 Å². The van der Waals surface area contributed by atoms with Crippen molar-refractivity contribution in [3.05, 3.63) is 60.7 Å². The lowest BCUT2D eigenvalue weighted by atomic mass is 9.98. The van der Waals surface area contributed by atoms with E-state index in [2.05, 4.69) is 88.4 Å². The number of aliphatic hydroxyl groups excluding tert-OH is 1. The van der Waals surface area contributed by atoms with E-state index in [0.29, 0.717) is 19.1 Å². The topological polar surface area (TPSA) is 38.7 Å². The Bertz CT molecular complexity index is 762. The Morgan fingerprint density at radius 3 is 1.96 bits per heavy atom. The van der Waals surface area contributed by atoms with Crippen LogP contribution in [-0.4, -0.2) is 38.3 Å². The van der Waals surface area contributed by atoms with Crippen LogP contribution in [0.15, 0.2) is 60.7 Å². The summed E-state index contributed by atoms with van der Waals surface area (Å²) in [5, 5.41) is 13.4. The van der Waals surface area contributed by atoms with Gasteiger partial charge in [-0.15, -0.1) is 0 Å². The second kappa shape index (κ2) is 7.10. The van der Waals surface area contributed by atoms with Crippen LogP contribution in [0, 0.1) is 11.8 Å². The Labute approximate surface area is 169 Å². The Kier molecular flexibility index (Phi) is 5.03. The van der Waals surface area contributed by atoms with Crippen LogP contribution in [0.25, 0.3) is 0 Å². The van der Waals surface area contributed by atoms with Crippen molar-refractivity contribution in [1.82, 2.24) is 0 Å². The molecule has 1 heterocycles. The van der Waals surface area contributed by atoms with E-state index in [1.165, 1.54) is 10.4 Å². The Morgan fingerprint density at radius 2 is 1.57 bits per heavy atom. The highest BCUT2D eigenvalue weighted by Gasteiger charge is 2.60. The summed E-state index contributed by atoms with van der Waals surface area (Å²) in [5.74, 6) is 0.717. The van der Waals surface area contributed by atoms with Crippen molar-refractivity contribution in [3.63, 3.8) is 0 Å². The van der Waals surface area contributed by atoms with Crippen molar-refractivity contribution < 1.29 is 14.3 Å². The average Bonchev–Trinajstić information content (AvgIpc) is 3.11. The van der Waals surface area contributed by atoms with E-state index in [0.717, 1.165) is 6.42 Å². The molecule has 2 bridgehead atoms. The predicted octanol–water partition coefficient (Wildman–Crippen LogP) is 3.35. The summed E-state index contributed by atoms with van der Waals surface area (Å²) in [7, 11) is -2.60. The number of benzene rings is 2. The molecule has 1 aliphatic carbocycles. The van der Waals surface area contributed by atoms with Gasteiger partial charge < -0.3 is 14.3 Å². The maximum absolute atomic E-state index is 10.9. The molecule has 2 fully saturated rings. The van der Waals surface area contributed by atoms with Gasteiger partial charge in [0.15, 0.2) is 0 Å². The maximum Gasteiger partial charge on any atom is 0.261 e. The van der Waals surface area contributed by atoms with Crippen LogP contribution in [0.4, 0.5) is 0 Å². The minimum absolute atomic E-state index is 0.0699. The molecule has 1 unspecified atom stereocenters. The van der Waals surface area contributed by atoms with Crippen LogP contribution in [-0.2, 0) is 9.16 Å². The maximum atomic E-state index is 10.9. The Hall–Kier alpha value is -1.46. The summed E-state index contributed by atoms with van der Waals surface area (Å²) >= 11 is 0. The van der Waals surface area contributed by atoms with E-state index in [4.69, 9.17) is 9.16 Å². The molecule has 0 spiro atoms. The van der Waals surface area contributed by atoms with E-state index in [-0.39, 0.29) is 11.0 Å². The number of hydrogen-bond acceptors (Lipinski definition) is 3. The second-order valence-electron chi connectivity index (χ2n) is 9.62. The lowest BCUT2D eigenvalue weighted by Crippen LogP contribution is -2.68. The minimum atomic E-state index is -2.60. The molecule has 0 amide bonds. The largest absolute Gasteiger partial charge is 0.404 e. The van der Waals surface area contributed by atoms with Crippen LogP contribution in [0.2, 0.25) is 5.04 Å². The number of aliphatic hydroxyl groups is 1. The van der Waals surface area contributed by atoms with Crippen molar-refractivity contribution in [2.24, 2.45) is 11.8 Å². The molecule has 150 valence electrons. The van der Waals surface area contributed by atoms with Gasteiger partial charge in [0, 0.05) is 5.92 Å². The lowest BCUT2D eigenvalue weighted by Gasteiger charge is -2.45. The highest BCUT2D eigenvalue weighted by atomic mass is 28.4. The summed E-state index contributed by atoms with van der Waals surface area (Å²) in [6.45, 7) is 10.2. The zero-order chi connectivity index (χ0) is 20.0. The third-order valence-electron chi connectivity index (χ3n) is 6.86. The van der Waals surface area contributed by atoms with Gasteiger partial charge in [-0.1, -0.05) is 88.4 Å². The van der Waals surface area contributed by atoms with Gasteiger partial charge in [0.05, 0.1) is 19.3 Å². The molecule has 28 heavy (non-hydrogen) atoms. The van der Waals surface area contributed by atoms with Crippen molar-refractivity contribution in [2.45, 2.75) is 50.9 Å². The van der Waals surface area contributed by atoms with E-state index < -0.39 is 20.0 Å². The van der Waals surface area contributed by atoms with Gasteiger partial charge >= 0.3 is 0 Å². The summed E-state index contributed by atoms with van der Waals surface area (Å²) in [5.41, 5.74) is -0.558. The fourth-order valence-corrected chi connectivity index (χ4v) is 9.97. The molecule has 2 aromatic carbocycles. The van der Waals surface area contributed by atoms with Crippen molar-refractivity contribution in [2.75, 3.05) is 13.2 Å². The molecule has 4 atom stereocenters. The molecule has 4 heteroatoms. The van der Waals surface area contributed by atoms with Crippen LogP contribution in [0.5, 0.6) is 0 Å². The van der Waals surface area contributed by atoms with E-state index in [9.17, 15) is 5.11 Å². The molecular formula is C24H32O3Si. The molecule has 0 radical (unpaired) electrons. The van der Waals surface area contributed by atoms with Gasteiger partial charge in [-0.2, -0.15) is 0 Å². The third kappa shape index (κ3) is 2.98. The quantitative estimate of drug-likeness (QED) is 0.788. The lowest BCUT2D eigenvalue weighted by molar-refractivity contribution is -0.0898. The number of rotatable bonds is 5. The zero-order valence-corrected chi connectivity index (χ0v) is 18.4. The highest BCUT2D eigenvalue weighted by molar-refractivity contribution is 6.99. The molecule has 1 saturated heterocycles. The fraction of sp³-hybridized carbons (Fsp3) is 0.500. The van der Waals surface area contributed by atoms with Crippen LogP contribution in [0.1, 0.15) is 34.1 Å². The number of ether oxygens (including phenoxy) is 1. The fourth-order valence-electron chi connectivity index (χ4n) is 5.36. The highest BCUT2D eigenvalue weighted by Crippen LogP contribution is 2.49. The average molecular weight is 397 g/mol. The monoisotopic (exact) mass is 396 g/mol. The Balaban J connectivity index is 1.78. The molecule has 1 aliphatic heterocycles. The normalized spacial score (nSPS) is 30.0. The summed E-state index contributed by atoms with van der Waals surface area (Å²) in [4.78, 5) is 0. The molecule has 1 saturated carbocycles. The zero-order valence-electron chi connectivity index (χ0n) is 17.4. The van der Waals surface area contributed by atoms with E-state index in [1.807, 2.05) is 0 Å². The van der Waals surface area contributed by atoms with Gasteiger partial charge in [-0.25, -0.2) is 0 Å². The summed E-state index contributed by atoms with van der Waals surface area (Å²) in [6.07, 6.45) is 0.442. The molecule has 2 aromatic rings. The first-order valence-corrected chi connectivity index (χ1v) is 12.3. The number of hydrogen-bond donors (Lipinski definition) is 1. The van der Waals surface area contributed by atoms with Crippen LogP contribution < -0.4 is 10.4 Å².